The number of benzene rings is 1. The molecule has 0 saturated heterocycles. The lowest BCUT2D eigenvalue weighted by Crippen LogP contribution is -2.17. The molecule has 0 aromatic heterocycles. The van der Waals surface area contributed by atoms with E-state index in [1.807, 2.05) is 0 Å². The smallest absolute Gasteiger partial charge is 0.123 e. The van der Waals surface area contributed by atoms with Crippen molar-refractivity contribution in [1.82, 2.24) is 0 Å². The fourth-order valence-electron chi connectivity index (χ4n) is 1.95. The van der Waals surface area contributed by atoms with Gasteiger partial charge in [-0.3, -0.25) is 0 Å². The van der Waals surface area contributed by atoms with Crippen molar-refractivity contribution in [1.29, 1.82) is 0 Å². The summed E-state index contributed by atoms with van der Waals surface area (Å²) in [5.41, 5.74) is 2.94. The summed E-state index contributed by atoms with van der Waals surface area (Å²) in [6.45, 7) is 14.2. The van der Waals surface area contributed by atoms with Crippen LogP contribution in [0.4, 0.5) is 0 Å². The van der Waals surface area contributed by atoms with Gasteiger partial charge in [-0.2, -0.15) is 0 Å². The van der Waals surface area contributed by atoms with Gasteiger partial charge >= 0.3 is 0 Å². The SMILES string of the molecule is CC(C)(C)c1ccc(OCCCBr)c(C(C)(C)C)c1. The minimum Gasteiger partial charge on any atom is -0.493 e. The van der Waals surface area contributed by atoms with Crippen molar-refractivity contribution in [3.05, 3.63) is 29.3 Å². The van der Waals surface area contributed by atoms with Crippen LogP contribution in [-0.2, 0) is 10.8 Å². The molecule has 19 heavy (non-hydrogen) atoms. The molecule has 0 bridgehead atoms. The molecule has 1 aromatic carbocycles. The molecule has 0 fully saturated rings. The summed E-state index contributed by atoms with van der Waals surface area (Å²) in [6.07, 6.45) is 1.03. The van der Waals surface area contributed by atoms with Gasteiger partial charge in [-0.15, -0.1) is 0 Å². The van der Waals surface area contributed by atoms with Crippen LogP contribution in [0.3, 0.4) is 0 Å². The van der Waals surface area contributed by atoms with E-state index in [4.69, 9.17) is 4.74 Å². The van der Waals surface area contributed by atoms with E-state index in [-0.39, 0.29) is 10.8 Å². The third-order valence-corrected chi connectivity index (χ3v) is 3.75. The zero-order valence-corrected chi connectivity index (χ0v) is 14.7. The van der Waals surface area contributed by atoms with Crippen molar-refractivity contribution in [2.75, 3.05) is 11.9 Å². The first-order chi connectivity index (χ1) is 8.66. The minimum atomic E-state index is 0.102. The van der Waals surface area contributed by atoms with Crippen LogP contribution in [-0.4, -0.2) is 11.9 Å². The van der Waals surface area contributed by atoms with Crippen molar-refractivity contribution in [2.24, 2.45) is 0 Å². The molecule has 1 rings (SSSR count). The second kappa shape index (κ2) is 6.30. The van der Waals surface area contributed by atoms with Gasteiger partial charge in [0.25, 0.3) is 0 Å². The maximum Gasteiger partial charge on any atom is 0.123 e. The zero-order valence-electron chi connectivity index (χ0n) is 13.1. The van der Waals surface area contributed by atoms with Crippen molar-refractivity contribution in [3.8, 4) is 5.75 Å². The third kappa shape index (κ3) is 4.83. The van der Waals surface area contributed by atoms with Crippen LogP contribution in [0, 0.1) is 0 Å². The molecule has 0 N–H and O–H groups in total. The lowest BCUT2D eigenvalue weighted by molar-refractivity contribution is 0.310. The summed E-state index contributed by atoms with van der Waals surface area (Å²) in [4.78, 5) is 0. The summed E-state index contributed by atoms with van der Waals surface area (Å²) >= 11 is 3.44. The van der Waals surface area contributed by atoms with Gasteiger partial charge in [-0.1, -0.05) is 69.6 Å². The normalized spacial score (nSPS) is 12.6. The topological polar surface area (TPSA) is 9.23 Å². The summed E-state index contributed by atoms with van der Waals surface area (Å²) in [5.74, 6) is 1.03. The van der Waals surface area contributed by atoms with Crippen LogP contribution in [0.1, 0.15) is 59.1 Å². The Morgan fingerprint density at radius 1 is 1.00 bits per heavy atom. The lowest BCUT2D eigenvalue weighted by Gasteiger charge is -2.27. The van der Waals surface area contributed by atoms with Crippen molar-refractivity contribution in [2.45, 2.75) is 58.8 Å². The number of halogens is 1. The van der Waals surface area contributed by atoms with E-state index in [1.54, 1.807) is 0 Å². The van der Waals surface area contributed by atoms with E-state index >= 15 is 0 Å². The van der Waals surface area contributed by atoms with E-state index in [9.17, 15) is 0 Å². The molecular weight excluding hydrogens is 300 g/mol. The van der Waals surface area contributed by atoms with Gasteiger partial charge in [-0.05, 0) is 34.4 Å². The summed E-state index contributed by atoms with van der Waals surface area (Å²) in [5, 5.41) is 0.984. The van der Waals surface area contributed by atoms with Crippen LogP contribution >= 0.6 is 15.9 Å². The molecule has 0 amide bonds. The molecule has 0 heterocycles. The zero-order chi connectivity index (χ0) is 14.7. The predicted octanol–water partition coefficient (Wildman–Crippen LogP) is 5.45. The molecule has 0 unspecified atom stereocenters. The number of ether oxygens (including phenoxy) is 1. The Bertz CT molecular complexity index is 410. The average Bonchev–Trinajstić information content (AvgIpc) is 2.27. The van der Waals surface area contributed by atoms with Crippen LogP contribution in [0.25, 0.3) is 0 Å². The maximum atomic E-state index is 5.94. The average molecular weight is 327 g/mol. The van der Waals surface area contributed by atoms with Crippen molar-refractivity contribution >= 4 is 15.9 Å². The molecule has 1 nitrogen and oxygen atoms in total. The fraction of sp³-hybridized carbons (Fsp3) is 0.647. The molecule has 1 aromatic rings. The lowest BCUT2D eigenvalue weighted by atomic mass is 9.80. The highest BCUT2D eigenvalue weighted by molar-refractivity contribution is 9.09. The highest BCUT2D eigenvalue weighted by Gasteiger charge is 2.22. The Hall–Kier alpha value is -0.500. The molecule has 2 heteroatoms. The van der Waals surface area contributed by atoms with Crippen molar-refractivity contribution < 1.29 is 4.74 Å². The number of rotatable bonds is 4. The fourth-order valence-corrected chi connectivity index (χ4v) is 2.17. The monoisotopic (exact) mass is 326 g/mol. The highest BCUT2D eigenvalue weighted by Crippen LogP contribution is 2.35. The van der Waals surface area contributed by atoms with E-state index in [0.717, 1.165) is 24.1 Å². The van der Waals surface area contributed by atoms with E-state index in [2.05, 4.69) is 75.7 Å². The molecule has 0 atom stereocenters. The molecule has 0 aliphatic carbocycles. The van der Waals surface area contributed by atoms with Crippen LogP contribution in [0.15, 0.2) is 18.2 Å². The molecule has 0 aliphatic rings. The minimum absolute atomic E-state index is 0.102. The second-order valence-corrected chi connectivity index (χ2v) is 7.89. The Morgan fingerprint density at radius 3 is 2.11 bits per heavy atom. The predicted molar refractivity (Wildman–Crippen MR) is 87.7 cm³/mol. The standard InChI is InChI=1S/C17H27BrO/c1-16(2,3)13-8-9-15(19-11-7-10-18)14(12-13)17(4,5)6/h8-9,12H,7,10-11H2,1-6H3. The first-order valence-corrected chi connectivity index (χ1v) is 8.12. The van der Waals surface area contributed by atoms with Gasteiger partial charge in [0.2, 0.25) is 0 Å². The van der Waals surface area contributed by atoms with Gasteiger partial charge < -0.3 is 4.74 Å². The molecule has 108 valence electrons. The van der Waals surface area contributed by atoms with Crippen LogP contribution in [0.2, 0.25) is 0 Å². The first-order valence-electron chi connectivity index (χ1n) is 7.00. The van der Waals surface area contributed by atoms with Crippen LogP contribution in [0.5, 0.6) is 5.75 Å². The Labute approximate surface area is 126 Å². The number of alkyl halides is 1. The van der Waals surface area contributed by atoms with Crippen LogP contribution < -0.4 is 4.74 Å². The van der Waals surface area contributed by atoms with Gasteiger partial charge in [0.05, 0.1) is 6.61 Å². The van der Waals surface area contributed by atoms with E-state index < -0.39 is 0 Å². The molecule has 0 aliphatic heterocycles. The number of hydrogen-bond donors (Lipinski definition) is 0. The van der Waals surface area contributed by atoms with E-state index in [1.165, 1.54) is 11.1 Å². The summed E-state index contributed by atoms with van der Waals surface area (Å²) in [7, 11) is 0. The Kier molecular flexibility index (Phi) is 5.49. The molecule has 0 radical (unpaired) electrons. The van der Waals surface area contributed by atoms with Crippen molar-refractivity contribution in [3.63, 3.8) is 0 Å². The van der Waals surface area contributed by atoms with Gasteiger partial charge in [0.1, 0.15) is 5.75 Å². The van der Waals surface area contributed by atoms with E-state index in [0.29, 0.717) is 0 Å². The molecule has 0 saturated carbocycles. The summed E-state index contributed by atoms with van der Waals surface area (Å²) < 4.78 is 5.94. The van der Waals surface area contributed by atoms with Gasteiger partial charge in [-0.25, -0.2) is 0 Å². The summed E-state index contributed by atoms with van der Waals surface area (Å²) in [6, 6.07) is 6.64. The third-order valence-electron chi connectivity index (χ3n) is 3.19. The molecule has 0 spiro atoms. The molecular formula is C17H27BrO. The Morgan fingerprint density at radius 2 is 1.63 bits per heavy atom. The number of hydrogen-bond acceptors (Lipinski definition) is 1. The maximum absolute atomic E-state index is 5.94. The Balaban J connectivity index is 3.11. The van der Waals surface area contributed by atoms with Gasteiger partial charge in [0.15, 0.2) is 0 Å². The van der Waals surface area contributed by atoms with Gasteiger partial charge in [0, 0.05) is 5.33 Å². The highest BCUT2D eigenvalue weighted by atomic mass is 79.9. The second-order valence-electron chi connectivity index (χ2n) is 7.10. The quantitative estimate of drug-likeness (QED) is 0.528. The first kappa shape index (κ1) is 16.6. The largest absolute Gasteiger partial charge is 0.493 e.